The largest absolute Gasteiger partial charge is 0.485 e. The number of carbonyl (C=O) groups excluding carboxylic acids is 1. The number of hydrogen-bond acceptors (Lipinski definition) is 2. The SMILES string of the molecule is O=C1CCCC(OCBr)=C1Br. The van der Waals surface area contributed by atoms with Crippen LogP contribution in [0.4, 0.5) is 0 Å². The van der Waals surface area contributed by atoms with Gasteiger partial charge in [-0.05, 0) is 38.3 Å². The summed E-state index contributed by atoms with van der Waals surface area (Å²) in [6.45, 7) is 0. The monoisotopic (exact) mass is 282 g/mol. The fourth-order valence-electron chi connectivity index (χ4n) is 0.986. The van der Waals surface area contributed by atoms with Crippen LogP contribution in [0.1, 0.15) is 19.3 Å². The van der Waals surface area contributed by atoms with Gasteiger partial charge in [-0.3, -0.25) is 4.79 Å². The van der Waals surface area contributed by atoms with E-state index in [1.807, 2.05) is 0 Å². The number of ether oxygens (including phenoxy) is 1. The first-order valence-electron chi connectivity index (χ1n) is 3.36. The molecule has 4 heteroatoms. The van der Waals surface area contributed by atoms with Crippen LogP contribution in [0.2, 0.25) is 0 Å². The summed E-state index contributed by atoms with van der Waals surface area (Å²) < 4.78 is 5.81. The Balaban J connectivity index is 2.71. The zero-order chi connectivity index (χ0) is 8.27. The van der Waals surface area contributed by atoms with Crippen LogP contribution in [-0.2, 0) is 9.53 Å². The van der Waals surface area contributed by atoms with Crippen LogP contribution in [0.15, 0.2) is 10.2 Å². The first kappa shape index (κ1) is 9.26. The van der Waals surface area contributed by atoms with E-state index in [2.05, 4.69) is 31.9 Å². The molecule has 1 rings (SSSR count). The predicted molar refractivity (Wildman–Crippen MR) is 49.7 cm³/mol. The van der Waals surface area contributed by atoms with Crippen LogP contribution in [-0.4, -0.2) is 11.3 Å². The number of ketones is 1. The van der Waals surface area contributed by atoms with Crippen LogP contribution in [0.3, 0.4) is 0 Å². The Labute approximate surface area is 82.2 Å². The highest BCUT2D eigenvalue weighted by Gasteiger charge is 2.18. The van der Waals surface area contributed by atoms with Gasteiger partial charge in [-0.15, -0.1) is 0 Å². The van der Waals surface area contributed by atoms with Crippen LogP contribution in [0, 0.1) is 0 Å². The average Bonchev–Trinajstić information content (AvgIpc) is 1.99. The third-order valence-electron chi connectivity index (χ3n) is 1.53. The summed E-state index contributed by atoms with van der Waals surface area (Å²) >= 11 is 6.35. The Hall–Kier alpha value is 0.170. The van der Waals surface area contributed by atoms with E-state index in [4.69, 9.17) is 4.74 Å². The van der Waals surface area contributed by atoms with Gasteiger partial charge in [0.05, 0.1) is 4.48 Å². The summed E-state index contributed by atoms with van der Waals surface area (Å²) in [5.74, 6) is 0.922. The van der Waals surface area contributed by atoms with Crippen molar-refractivity contribution in [3.63, 3.8) is 0 Å². The molecule has 0 saturated heterocycles. The topological polar surface area (TPSA) is 26.3 Å². The van der Waals surface area contributed by atoms with Crippen LogP contribution >= 0.6 is 31.9 Å². The number of carbonyl (C=O) groups is 1. The highest BCUT2D eigenvalue weighted by molar-refractivity contribution is 9.12. The lowest BCUT2D eigenvalue weighted by molar-refractivity contribution is -0.115. The number of rotatable bonds is 2. The van der Waals surface area contributed by atoms with Gasteiger partial charge in [0, 0.05) is 12.8 Å². The lowest BCUT2D eigenvalue weighted by Crippen LogP contribution is -2.08. The molecule has 11 heavy (non-hydrogen) atoms. The van der Waals surface area contributed by atoms with E-state index in [1.54, 1.807) is 0 Å². The molecule has 0 bridgehead atoms. The fraction of sp³-hybridized carbons (Fsp3) is 0.571. The molecule has 0 N–H and O–H groups in total. The molecule has 62 valence electrons. The molecule has 0 amide bonds. The van der Waals surface area contributed by atoms with E-state index in [0.29, 0.717) is 16.4 Å². The minimum Gasteiger partial charge on any atom is -0.485 e. The van der Waals surface area contributed by atoms with Crippen molar-refractivity contribution in [3.8, 4) is 0 Å². The van der Waals surface area contributed by atoms with Crippen molar-refractivity contribution in [2.75, 3.05) is 5.52 Å². The highest BCUT2D eigenvalue weighted by atomic mass is 79.9. The second-order valence-corrected chi connectivity index (χ2v) is 3.52. The van der Waals surface area contributed by atoms with Crippen molar-refractivity contribution in [1.82, 2.24) is 0 Å². The van der Waals surface area contributed by atoms with Crippen molar-refractivity contribution in [3.05, 3.63) is 10.2 Å². The van der Waals surface area contributed by atoms with E-state index in [1.165, 1.54) is 0 Å². The number of Topliss-reactive ketones (excluding diaryl/α,β-unsaturated/α-hetero) is 1. The summed E-state index contributed by atoms with van der Waals surface area (Å²) in [5, 5.41) is 0. The Bertz CT molecular complexity index is 199. The lowest BCUT2D eigenvalue weighted by Gasteiger charge is -2.14. The molecule has 0 heterocycles. The van der Waals surface area contributed by atoms with E-state index < -0.39 is 0 Å². The van der Waals surface area contributed by atoms with Gasteiger partial charge < -0.3 is 4.74 Å². The zero-order valence-electron chi connectivity index (χ0n) is 5.90. The number of halogens is 2. The molecule has 1 aliphatic rings. The van der Waals surface area contributed by atoms with Crippen molar-refractivity contribution < 1.29 is 9.53 Å². The van der Waals surface area contributed by atoms with Crippen LogP contribution in [0.25, 0.3) is 0 Å². The van der Waals surface area contributed by atoms with E-state index >= 15 is 0 Å². The summed E-state index contributed by atoms with van der Waals surface area (Å²) in [6, 6.07) is 0. The van der Waals surface area contributed by atoms with E-state index in [0.717, 1.165) is 18.6 Å². The number of hydrogen-bond donors (Lipinski definition) is 0. The normalized spacial score (nSPS) is 18.9. The van der Waals surface area contributed by atoms with Crippen molar-refractivity contribution in [2.45, 2.75) is 19.3 Å². The van der Waals surface area contributed by atoms with Gasteiger partial charge >= 0.3 is 0 Å². The third kappa shape index (κ3) is 2.30. The van der Waals surface area contributed by atoms with Gasteiger partial charge in [-0.25, -0.2) is 0 Å². The van der Waals surface area contributed by atoms with Crippen molar-refractivity contribution in [2.24, 2.45) is 0 Å². The first-order chi connectivity index (χ1) is 5.25. The van der Waals surface area contributed by atoms with Crippen molar-refractivity contribution >= 4 is 37.6 Å². The van der Waals surface area contributed by atoms with Gasteiger partial charge in [0.2, 0.25) is 0 Å². The predicted octanol–water partition coefficient (Wildman–Crippen LogP) is 2.71. The van der Waals surface area contributed by atoms with Crippen LogP contribution < -0.4 is 0 Å². The first-order valence-corrected chi connectivity index (χ1v) is 5.27. The van der Waals surface area contributed by atoms with E-state index in [9.17, 15) is 4.79 Å². The zero-order valence-corrected chi connectivity index (χ0v) is 9.07. The Morgan fingerprint density at radius 1 is 1.45 bits per heavy atom. The Morgan fingerprint density at radius 3 is 2.82 bits per heavy atom. The number of alkyl halides is 1. The van der Waals surface area contributed by atoms with Gasteiger partial charge in [-0.1, -0.05) is 0 Å². The molecular formula is C7H8Br2O2. The molecule has 0 fully saturated rings. The molecule has 0 unspecified atom stereocenters. The molecule has 0 aromatic rings. The maximum Gasteiger partial charge on any atom is 0.173 e. The lowest BCUT2D eigenvalue weighted by atomic mass is 10.1. The summed E-state index contributed by atoms with van der Waals surface area (Å²) in [6.07, 6.45) is 2.39. The van der Waals surface area contributed by atoms with Gasteiger partial charge in [0.15, 0.2) is 5.78 Å². The van der Waals surface area contributed by atoms with Gasteiger partial charge in [0.25, 0.3) is 0 Å². The molecule has 2 nitrogen and oxygen atoms in total. The average molecular weight is 284 g/mol. The molecule has 0 aromatic heterocycles. The van der Waals surface area contributed by atoms with Gasteiger partial charge in [-0.2, -0.15) is 0 Å². The minimum absolute atomic E-state index is 0.146. The fourth-order valence-corrected chi connectivity index (χ4v) is 1.77. The maximum atomic E-state index is 11.1. The molecule has 0 aliphatic heterocycles. The molecule has 0 saturated carbocycles. The van der Waals surface area contributed by atoms with Crippen molar-refractivity contribution in [1.29, 1.82) is 0 Å². The summed E-state index contributed by atoms with van der Waals surface area (Å²) in [4.78, 5) is 11.1. The molecule has 0 aromatic carbocycles. The summed E-state index contributed by atoms with van der Waals surface area (Å²) in [5.41, 5.74) is 0.449. The second kappa shape index (κ2) is 4.26. The maximum absolute atomic E-state index is 11.1. The number of allylic oxidation sites excluding steroid dienone is 2. The quantitative estimate of drug-likeness (QED) is 0.729. The van der Waals surface area contributed by atoms with E-state index in [-0.39, 0.29) is 5.78 Å². The molecule has 0 radical (unpaired) electrons. The molecule has 1 aliphatic carbocycles. The second-order valence-electron chi connectivity index (χ2n) is 2.27. The Morgan fingerprint density at radius 2 is 2.18 bits per heavy atom. The summed E-state index contributed by atoms with van der Waals surface area (Å²) in [7, 11) is 0. The molecule has 0 spiro atoms. The molecule has 0 atom stereocenters. The Kier molecular flexibility index (Phi) is 3.59. The van der Waals surface area contributed by atoms with Crippen LogP contribution in [0.5, 0.6) is 0 Å². The third-order valence-corrected chi connectivity index (χ3v) is 2.64. The van der Waals surface area contributed by atoms with Gasteiger partial charge in [0.1, 0.15) is 11.3 Å². The minimum atomic E-state index is 0.146. The highest BCUT2D eigenvalue weighted by Crippen LogP contribution is 2.27. The molecular weight excluding hydrogens is 276 g/mol. The smallest absolute Gasteiger partial charge is 0.173 e. The standard InChI is InChI=1S/C7H8Br2O2/c8-4-11-6-3-1-2-5(10)7(6)9/h1-4H2.